The second-order valence-electron chi connectivity index (χ2n) is 3.93. The van der Waals surface area contributed by atoms with Crippen LogP contribution in [0.5, 0.6) is 0 Å². The molecule has 0 aliphatic heterocycles. The number of pyridine rings is 1. The number of hydrogen-bond acceptors (Lipinski definition) is 4. The van der Waals surface area contributed by atoms with Gasteiger partial charge in [-0.15, -0.1) is 0 Å². The zero-order valence-electron chi connectivity index (χ0n) is 11.1. The van der Waals surface area contributed by atoms with Crippen molar-refractivity contribution in [1.29, 1.82) is 0 Å². The fourth-order valence-electron chi connectivity index (χ4n) is 1.63. The van der Waals surface area contributed by atoms with Gasteiger partial charge in [-0.3, -0.25) is 9.78 Å². The number of carbonyl (C=O) groups excluding carboxylic acids is 1. The van der Waals surface area contributed by atoms with Gasteiger partial charge < -0.3 is 15.7 Å². The SMILES string of the molecule is CCN(CCCO)C(=O)c1cncc(C#CCN)c1. The van der Waals surface area contributed by atoms with E-state index in [-0.39, 0.29) is 19.1 Å². The Balaban J connectivity index is 2.85. The van der Waals surface area contributed by atoms with E-state index < -0.39 is 0 Å². The number of amides is 1. The summed E-state index contributed by atoms with van der Waals surface area (Å²) in [5, 5.41) is 8.82. The molecule has 0 aliphatic carbocycles. The summed E-state index contributed by atoms with van der Waals surface area (Å²) in [6.07, 6.45) is 3.70. The molecular formula is C14H19N3O2. The Bertz CT molecular complexity index is 477. The van der Waals surface area contributed by atoms with Gasteiger partial charge in [0.25, 0.3) is 5.91 Å². The lowest BCUT2D eigenvalue weighted by molar-refractivity contribution is 0.0754. The fourth-order valence-corrected chi connectivity index (χ4v) is 1.63. The number of aliphatic hydroxyl groups is 1. The summed E-state index contributed by atoms with van der Waals surface area (Å²) in [6.45, 7) is 3.38. The van der Waals surface area contributed by atoms with Gasteiger partial charge in [-0.1, -0.05) is 11.8 Å². The normalized spacial score (nSPS) is 9.63. The molecule has 1 aromatic heterocycles. The van der Waals surface area contributed by atoms with Crippen molar-refractivity contribution in [3.8, 4) is 11.8 Å². The van der Waals surface area contributed by atoms with Gasteiger partial charge >= 0.3 is 0 Å². The van der Waals surface area contributed by atoms with E-state index in [4.69, 9.17) is 10.8 Å². The molecule has 5 heteroatoms. The van der Waals surface area contributed by atoms with Gasteiger partial charge in [0.2, 0.25) is 0 Å². The minimum absolute atomic E-state index is 0.0735. The molecule has 0 aliphatic rings. The maximum Gasteiger partial charge on any atom is 0.255 e. The quantitative estimate of drug-likeness (QED) is 0.744. The van der Waals surface area contributed by atoms with Crippen LogP contribution in [0, 0.1) is 11.8 Å². The number of aromatic nitrogens is 1. The third-order valence-electron chi connectivity index (χ3n) is 2.58. The van der Waals surface area contributed by atoms with Gasteiger partial charge in [0.05, 0.1) is 12.1 Å². The van der Waals surface area contributed by atoms with Crippen LogP contribution in [0.4, 0.5) is 0 Å². The monoisotopic (exact) mass is 261 g/mol. The molecule has 1 aromatic rings. The van der Waals surface area contributed by atoms with E-state index in [0.717, 1.165) is 0 Å². The van der Waals surface area contributed by atoms with Gasteiger partial charge in [-0.2, -0.15) is 0 Å². The Morgan fingerprint density at radius 1 is 1.53 bits per heavy atom. The van der Waals surface area contributed by atoms with Crippen LogP contribution >= 0.6 is 0 Å². The summed E-state index contributed by atoms with van der Waals surface area (Å²) >= 11 is 0. The number of nitrogens with zero attached hydrogens (tertiary/aromatic N) is 2. The molecule has 19 heavy (non-hydrogen) atoms. The maximum absolute atomic E-state index is 12.2. The lowest BCUT2D eigenvalue weighted by Crippen LogP contribution is -2.32. The standard InChI is InChI=1S/C14H19N3O2/c1-2-17(7-4-8-18)14(19)13-9-12(5-3-6-15)10-16-11-13/h9-11,18H,2,4,6-8,15H2,1H3. The molecule has 0 aromatic carbocycles. The van der Waals surface area contributed by atoms with Crippen LogP contribution in [-0.2, 0) is 0 Å². The third-order valence-corrected chi connectivity index (χ3v) is 2.58. The Morgan fingerprint density at radius 2 is 2.32 bits per heavy atom. The van der Waals surface area contributed by atoms with E-state index in [0.29, 0.717) is 30.6 Å². The number of aliphatic hydroxyl groups excluding tert-OH is 1. The predicted molar refractivity (Wildman–Crippen MR) is 73.4 cm³/mol. The molecule has 0 spiro atoms. The van der Waals surface area contributed by atoms with Crippen molar-refractivity contribution in [2.45, 2.75) is 13.3 Å². The minimum atomic E-state index is -0.0974. The predicted octanol–water partition coefficient (Wildman–Crippen LogP) is 0.236. The third kappa shape index (κ3) is 4.70. The van der Waals surface area contributed by atoms with E-state index in [2.05, 4.69) is 16.8 Å². The van der Waals surface area contributed by atoms with Crippen LogP contribution in [0.15, 0.2) is 18.5 Å². The Labute approximate surface area is 113 Å². The van der Waals surface area contributed by atoms with Crippen LogP contribution in [0.1, 0.15) is 29.3 Å². The highest BCUT2D eigenvalue weighted by Gasteiger charge is 2.14. The van der Waals surface area contributed by atoms with E-state index >= 15 is 0 Å². The number of rotatable bonds is 5. The summed E-state index contributed by atoms with van der Waals surface area (Å²) in [7, 11) is 0. The molecule has 1 amide bonds. The van der Waals surface area contributed by atoms with Crippen molar-refractivity contribution < 1.29 is 9.90 Å². The molecule has 0 fully saturated rings. The van der Waals surface area contributed by atoms with Gasteiger partial charge in [0, 0.05) is 37.7 Å². The van der Waals surface area contributed by atoms with Crippen LogP contribution < -0.4 is 5.73 Å². The highest BCUT2D eigenvalue weighted by Crippen LogP contribution is 2.06. The zero-order valence-corrected chi connectivity index (χ0v) is 11.1. The van der Waals surface area contributed by atoms with E-state index in [1.54, 1.807) is 17.2 Å². The van der Waals surface area contributed by atoms with E-state index in [1.165, 1.54) is 6.20 Å². The second-order valence-corrected chi connectivity index (χ2v) is 3.93. The Hall–Kier alpha value is -1.90. The van der Waals surface area contributed by atoms with E-state index in [9.17, 15) is 4.79 Å². The van der Waals surface area contributed by atoms with Crippen LogP contribution in [-0.4, -0.2) is 47.1 Å². The summed E-state index contributed by atoms with van der Waals surface area (Å²) < 4.78 is 0. The second kappa shape index (κ2) is 8.25. The molecule has 0 atom stereocenters. The van der Waals surface area contributed by atoms with E-state index in [1.807, 2.05) is 6.92 Å². The Kier molecular flexibility index (Phi) is 6.58. The maximum atomic E-state index is 12.2. The molecule has 1 rings (SSSR count). The minimum Gasteiger partial charge on any atom is -0.396 e. The van der Waals surface area contributed by atoms with Crippen LogP contribution in [0.25, 0.3) is 0 Å². The number of carbonyl (C=O) groups is 1. The molecule has 5 nitrogen and oxygen atoms in total. The smallest absolute Gasteiger partial charge is 0.255 e. The molecule has 1 heterocycles. The van der Waals surface area contributed by atoms with Gasteiger partial charge in [-0.25, -0.2) is 0 Å². The number of hydrogen-bond donors (Lipinski definition) is 2. The largest absolute Gasteiger partial charge is 0.396 e. The average Bonchev–Trinajstić information content (AvgIpc) is 2.46. The van der Waals surface area contributed by atoms with Gasteiger partial charge in [0.15, 0.2) is 0 Å². The highest BCUT2D eigenvalue weighted by molar-refractivity contribution is 5.94. The molecule has 0 saturated heterocycles. The van der Waals surface area contributed by atoms with Crippen LogP contribution in [0.3, 0.4) is 0 Å². The first-order valence-electron chi connectivity index (χ1n) is 6.27. The van der Waals surface area contributed by atoms with Crippen molar-refractivity contribution in [1.82, 2.24) is 9.88 Å². The summed E-state index contributed by atoms with van der Waals surface area (Å²) in [5.74, 6) is 5.48. The molecule has 0 bridgehead atoms. The lowest BCUT2D eigenvalue weighted by Gasteiger charge is -2.20. The fraction of sp³-hybridized carbons (Fsp3) is 0.429. The first-order chi connectivity index (χ1) is 9.22. The topological polar surface area (TPSA) is 79.5 Å². The molecule has 102 valence electrons. The van der Waals surface area contributed by atoms with Crippen molar-refractivity contribution in [3.05, 3.63) is 29.6 Å². The summed E-state index contributed by atoms with van der Waals surface area (Å²) in [5.41, 5.74) is 6.48. The average molecular weight is 261 g/mol. The molecular weight excluding hydrogens is 242 g/mol. The molecule has 0 saturated carbocycles. The first-order valence-corrected chi connectivity index (χ1v) is 6.27. The Morgan fingerprint density at radius 3 is 2.95 bits per heavy atom. The molecule has 0 radical (unpaired) electrons. The van der Waals surface area contributed by atoms with Crippen molar-refractivity contribution in [2.75, 3.05) is 26.2 Å². The van der Waals surface area contributed by atoms with Gasteiger partial charge in [-0.05, 0) is 19.4 Å². The first kappa shape index (κ1) is 15.2. The van der Waals surface area contributed by atoms with Gasteiger partial charge in [0.1, 0.15) is 0 Å². The zero-order chi connectivity index (χ0) is 14.1. The molecule has 0 unspecified atom stereocenters. The molecule has 3 N–H and O–H groups in total. The summed E-state index contributed by atoms with van der Waals surface area (Å²) in [6, 6.07) is 1.71. The summed E-state index contributed by atoms with van der Waals surface area (Å²) in [4.78, 5) is 17.9. The lowest BCUT2D eigenvalue weighted by atomic mass is 10.2. The highest BCUT2D eigenvalue weighted by atomic mass is 16.3. The van der Waals surface area contributed by atoms with Crippen molar-refractivity contribution >= 4 is 5.91 Å². The number of nitrogens with two attached hydrogens (primary N) is 1. The van der Waals surface area contributed by atoms with Crippen LogP contribution in [0.2, 0.25) is 0 Å². The van der Waals surface area contributed by atoms with Crippen molar-refractivity contribution in [2.24, 2.45) is 5.73 Å². The van der Waals surface area contributed by atoms with Crippen molar-refractivity contribution in [3.63, 3.8) is 0 Å².